The minimum Gasteiger partial charge on any atom is -0.339 e. The second-order valence-electron chi connectivity index (χ2n) is 9.23. The summed E-state index contributed by atoms with van der Waals surface area (Å²) in [6, 6.07) is 15.3. The Morgan fingerprint density at radius 2 is 1.83 bits per heavy atom. The number of amides is 3. The molecule has 3 aromatic rings. The minimum atomic E-state index is -0.721. The van der Waals surface area contributed by atoms with Gasteiger partial charge in [0.05, 0.1) is 5.41 Å². The average Bonchev–Trinajstić information content (AvgIpc) is 3.33. The summed E-state index contributed by atoms with van der Waals surface area (Å²) in [4.78, 5) is 41.0. The molecule has 8 nitrogen and oxygen atoms in total. The fourth-order valence-electron chi connectivity index (χ4n) is 4.37. The van der Waals surface area contributed by atoms with Crippen LogP contribution < -0.4 is 10.6 Å². The average molecular weight is 475 g/mol. The Hall–Kier alpha value is -3.81. The number of piperidine rings is 1. The van der Waals surface area contributed by atoms with E-state index >= 15 is 0 Å². The van der Waals surface area contributed by atoms with E-state index in [0.717, 1.165) is 11.1 Å². The number of carbonyl (C=O) groups is 3. The topological polar surface area (TPSA) is 114 Å². The van der Waals surface area contributed by atoms with Crippen molar-refractivity contribution >= 4 is 23.4 Å². The Morgan fingerprint density at radius 3 is 2.46 bits per heavy atom. The third-order valence-corrected chi connectivity index (χ3v) is 6.66. The Bertz CT molecular complexity index is 1210. The van der Waals surface area contributed by atoms with Gasteiger partial charge in [-0.1, -0.05) is 62.3 Å². The van der Waals surface area contributed by atoms with E-state index in [-0.39, 0.29) is 24.1 Å². The minimum absolute atomic E-state index is 0.176. The lowest BCUT2D eigenvalue weighted by Crippen LogP contribution is -2.51. The first kappa shape index (κ1) is 24.3. The van der Waals surface area contributed by atoms with Crippen molar-refractivity contribution in [2.75, 3.05) is 5.32 Å². The number of benzene rings is 2. The van der Waals surface area contributed by atoms with E-state index in [9.17, 15) is 14.4 Å². The van der Waals surface area contributed by atoms with E-state index < -0.39 is 5.41 Å². The molecule has 4 rings (SSSR count). The molecule has 1 aliphatic rings. The smallest absolute Gasteiger partial charge is 0.237 e. The first-order valence-corrected chi connectivity index (χ1v) is 12.0. The second kappa shape index (κ2) is 10.2. The van der Waals surface area contributed by atoms with Crippen molar-refractivity contribution in [2.24, 2.45) is 0 Å². The molecule has 182 valence electrons. The van der Waals surface area contributed by atoms with Crippen LogP contribution >= 0.6 is 0 Å². The van der Waals surface area contributed by atoms with Crippen molar-refractivity contribution in [3.8, 4) is 11.4 Å². The van der Waals surface area contributed by atoms with Gasteiger partial charge in [-0.25, -0.2) is 0 Å². The van der Waals surface area contributed by atoms with Crippen LogP contribution in [0.2, 0.25) is 0 Å². The van der Waals surface area contributed by atoms with E-state index in [1.807, 2.05) is 31.2 Å². The molecule has 1 unspecified atom stereocenters. The first-order chi connectivity index (χ1) is 16.8. The first-order valence-electron chi connectivity index (χ1n) is 12.0. The number of imide groups is 1. The molecule has 0 radical (unpaired) electrons. The number of rotatable bonds is 8. The van der Waals surface area contributed by atoms with Gasteiger partial charge < -0.3 is 9.84 Å². The third kappa shape index (κ3) is 5.31. The van der Waals surface area contributed by atoms with Crippen LogP contribution in [-0.4, -0.2) is 27.9 Å². The summed E-state index contributed by atoms with van der Waals surface area (Å²) in [7, 11) is 0. The third-order valence-electron chi connectivity index (χ3n) is 6.66. The number of aryl methyl sites for hydroxylation is 1. The highest BCUT2D eigenvalue weighted by Gasteiger charge is 2.42. The summed E-state index contributed by atoms with van der Waals surface area (Å²) in [5, 5.41) is 9.34. The quantitative estimate of drug-likeness (QED) is 0.464. The number of hydrogen-bond acceptors (Lipinski definition) is 6. The molecule has 1 saturated heterocycles. The molecule has 2 heterocycles. The van der Waals surface area contributed by atoms with E-state index in [4.69, 9.17) is 4.52 Å². The van der Waals surface area contributed by atoms with E-state index in [1.165, 1.54) is 5.56 Å². The van der Waals surface area contributed by atoms with Gasteiger partial charge in [0.25, 0.3) is 0 Å². The van der Waals surface area contributed by atoms with Gasteiger partial charge in [0.15, 0.2) is 0 Å². The van der Waals surface area contributed by atoms with Gasteiger partial charge in [-0.2, -0.15) is 4.98 Å². The Balaban J connectivity index is 1.33. The molecule has 1 fully saturated rings. The molecule has 1 atom stereocenters. The molecule has 0 aliphatic carbocycles. The maximum atomic E-state index is 12.6. The van der Waals surface area contributed by atoms with Gasteiger partial charge in [0.2, 0.25) is 29.4 Å². The SMILES string of the molecule is CCC1(c2ccc(NC(=O)CCc3nc(-c4ccc(C(C)C)cc4)no3)cc2)CCC(=O)NC1=O. The summed E-state index contributed by atoms with van der Waals surface area (Å²) >= 11 is 0. The largest absolute Gasteiger partial charge is 0.339 e. The lowest BCUT2D eigenvalue weighted by molar-refractivity contribution is -0.138. The molecule has 2 aromatic carbocycles. The molecule has 8 heteroatoms. The molecule has 1 aromatic heterocycles. The van der Waals surface area contributed by atoms with Gasteiger partial charge >= 0.3 is 0 Å². The van der Waals surface area contributed by atoms with Crippen molar-refractivity contribution < 1.29 is 18.9 Å². The number of aromatic nitrogens is 2. The maximum absolute atomic E-state index is 12.6. The summed E-state index contributed by atoms with van der Waals surface area (Å²) in [6.45, 7) is 6.22. The van der Waals surface area contributed by atoms with Crippen molar-refractivity contribution in [1.82, 2.24) is 15.5 Å². The van der Waals surface area contributed by atoms with Crippen LogP contribution in [0.3, 0.4) is 0 Å². The maximum Gasteiger partial charge on any atom is 0.237 e. The highest BCUT2D eigenvalue weighted by molar-refractivity contribution is 6.03. The molecular formula is C27H30N4O4. The normalized spacial score (nSPS) is 17.9. The molecule has 3 amide bonds. The lowest BCUT2D eigenvalue weighted by atomic mass is 9.72. The summed E-state index contributed by atoms with van der Waals surface area (Å²) < 4.78 is 5.32. The monoisotopic (exact) mass is 474 g/mol. The molecular weight excluding hydrogens is 444 g/mol. The molecule has 35 heavy (non-hydrogen) atoms. The molecule has 2 N–H and O–H groups in total. The lowest BCUT2D eigenvalue weighted by Gasteiger charge is -2.35. The van der Waals surface area contributed by atoms with Crippen LogP contribution in [0.25, 0.3) is 11.4 Å². The second-order valence-corrected chi connectivity index (χ2v) is 9.23. The summed E-state index contributed by atoms with van der Waals surface area (Å²) in [5.74, 6) is 0.684. The molecule has 0 saturated carbocycles. The van der Waals surface area contributed by atoms with Gasteiger partial charge in [-0.3, -0.25) is 19.7 Å². The highest BCUT2D eigenvalue weighted by atomic mass is 16.5. The van der Waals surface area contributed by atoms with Crippen molar-refractivity contribution in [1.29, 1.82) is 0 Å². The standard InChI is InChI=1S/C27H30N4O4/c1-4-27(16-15-23(33)29-26(27)34)20-9-11-21(12-10-20)28-22(32)13-14-24-30-25(31-35-24)19-7-5-18(6-8-19)17(2)3/h5-12,17H,4,13-16H2,1-3H3,(H,28,32)(H,29,33,34). The fourth-order valence-corrected chi connectivity index (χ4v) is 4.37. The van der Waals surface area contributed by atoms with Crippen LogP contribution in [0.15, 0.2) is 53.1 Å². The van der Waals surface area contributed by atoms with Gasteiger partial charge in [0.1, 0.15) is 0 Å². The molecule has 0 spiro atoms. The van der Waals surface area contributed by atoms with Crippen LogP contribution in [0.5, 0.6) is 0 Å². The zero-order valence-corrected chi connectivity index (χ0v) is 20.3. The van der Waals surface area contributed by atoms with Gasteiger partial charge in [-0.05, 0) is 42.0 Å². The van der Waals surface area contributed by atoms with Crippen molar-refractivity contribution in [3.63, 3.8) is 0 Å². The molecule has 0 bridgehead atoms. The number of anilines is 1. The predicted molar refractivity (Wildman–Crippen MR) is 132 cm³/mol. The zero-order valence-electron chi connectivity index (χ0n) is 20.3. The van der Waals surface area contributed by atoms with Crippen molar-refractivity contribution in [3.05, 3.63) is 65.5 Å². The number of nitrogens with zero attached hydrogens (tertiary/aromatic N) is 2. The highest BCUT2D eigenvalue weighted by Crippen LogP contribution is 2.36. The molecule has 1 aliphatic heterocycles. The predicted octanol–water partition coefficient (Wildman–Crippen LogP) is 4.52. The number of nitrogens with one attached hydrogen (secondary N) is 2. The van der Waals surface area contributed by atoms with Crippen LogP contribution in [0.4, 0.5) is 5.69 Å². The number of hydrogen-bond donors (Lipinski definition) is 2. The van der Waals surface area contributed by atoms with Crippen LogP contribution in [0, 0.1) is 0 Å². The Labute approximate surface area is 204 Å². The summed E-state index contributed by atoms with van der Waals surface area (Å²) in [6.07, 6.45) is 1.91. The van der Waals surface area contributed by atoms with E-state index in [2.05, 4.69) is 46.8 Å². The fraction of sp³-hybridized carbons (Fsp3) is 0.370. The Morgan fingerprint density at radius 1 is 1.11 bits per heavy atom. The van der Waals surface area contributed by atoms with Crippen molar-refractivity contribution in [2.45, 2.75) is 64.2 Å². The van der Waals surface area contributed by atoms with Gasteiger partial charge in [0, 0.05) is 30.5 Å². The Kier molecular flexibility index (Phi) is 7.10. The van der Waals surface area contributed by atoms with Gasteiger partial charge in [-0.15, -0.1) is 0 Å². The van der Waals surface area contributed by atoms with E-state index in [1.54, 1.807) is 12.1 Å². The zero-order chi connectivity index (χ0) is 25.0. The van der Waals surface area contributed by atoms with Crippen LogP contribution in [0.1, 0.15) is 69.4 Å². The number of carbonyl (C=O) groups excluding carboxylic acids is 3. The van der Waals surface area contributed by atoms with E-state index in [0.29, 0.717) is 49.0 Å². The summed E-state index contributed by atoms with van der Waals surface area (Å²) in [5.41, 5.74) is 2.86. The van der Waals surface area contributed by atoms with Crippen LogP contribution in [-0.2, 0) is 26.2 Å².